The molecule has 1 unspecified atom stereocenters. The fraction of sp³-hybridized carbons (Fsp3) is 0.286. The first-order valence-electron chi connectivity index (χ1n) is 5.92. The van der Waals surface area contributed by atoms with Gasteiger partial charge in [-0.2, -0.15) is 0 Å². The molecule has 1 saturated heterocycles. The number of allylic oxidation sites excluding steroid dienone is 1. The highest BCUT2D eigenvalue weighted by molar-refractivity contribution is 6.23. The van der Waals surface area contributed by atoms with Gasteiger partial charge in [-0.05, 0) is 19.1 Å². The minimum atomic E-state index is -0.798. The molecule has 100 valence electrons. The predicted molar refractivity (Wildman–Crippen MR) is 69.5 cm³/mol. The third-order valence-electron chi connectivity index (χ3n) is 2.92. The first-order valence-corrected chi connectivity index (χ1v) is 5.92. The molecule has 1 aromatic rings. The number of benzene rings is 1. The van der Waals surface area contributed by atoms with Crippen molar-refractivity contribution < 1.29 is 19.1 Å². The predicted octanol–water partition coefficient (Wildman–Crippen LogP) is 1.51. The molecule has 5 nitrogen and oxygen atoms in total. The minimum Gasteiger partial charge on any atom is -0.500 e. The summed E-state index contributed by atoms with van der Waals surface area (Å²) in [6.07, 6.45) is -0.798. The molecule has 5 heteroatoms. The molecule has 0 aliphatic carbocycles. The van der Waals surface area contributed by atoms with Gasteiger partial charge in [0.15, 0.2) is 6.10 Å². The molecule has 0 bridgehead atoms. The molecule has 0 aromatic heterocycles. The molecule has 1 atom stereocenters. The maximum absolute atomic E-state index is 12.0. The van der Waals surface area contributed by atoms with Gasteiger partial charge < -0.3 is 14.8 Å². The quantitative estimate of drug-likeness (QED) is 0.385. The van der Waals surface area contributed by atoms with Crippen molar-refractivity contribution in [3.05, 3.63) is 41.7 Å². The monoisotopic (exact) mass is 261 g/mol. The van der Waals surface area contributed by atoms with E-state index >= 15 is 0 Å². The van der Waals surface area contributed by atoms with Gasteiger partial charge in [0.25, 0.3) is 0 Å². The Kier molecular flexibility index (Phi) is 3.85. The summed E-state index contributed by atoms with van der Waals surface area (Å²) < 4.78 is 9.97. The van der Waals surface area contributed by atoms with Crippen LogP contribution in [0.4, 0.5) is 5.69 Å². The van der Waals surface area contributed by atoms with Gasteiger partial charge in [-0.1, -0.05) is 18.2 Å². The average Bonchev–Trinajstić information content (AvgIpc) is 2.71. The normalized spacial score (nSPS) is 21.1. The van der Waals surface area contributed by atoms with Gasteiger partial charge in [0.2, 0.25) is 5.78 Å². The van der Waals surface area contributed by atoms with Crippen molar-refractivity contribution in [1.82, 2.24) is 0 Å². The molecule has 1 aromatic carbocycles. The van der Waals surface area contributed by atoms with E-state index < -0.39 is 12.1 Å². The summed E-state index contributed by atoms with van der Waals surface area (Å²) in [5.41, 5.74) is 0.870. The van der Waals surface area contributed by atoms with Crippen LogP contribution in [0, 0.1) is 0 Å². The van der Waals surface area contributed by atoms with Gasteiger partial charge in [-0.3, -0.25) is 4.79 Å². The Morgan fingerprint density at radius 3 is 2.63 bits per heavy atom. The Morgan fingerprint density at radius 1 is 1.32 bits per heavy atom. The number of hydrogen-bond acceptors (Lipinski definition) is 5. The number of hydrogen-bond donors (Lipinski definition) is 1. The molecule has 0 saturated carbocycles. The molecule has 1 heterocycles. The zero-order valence-electron chi connectivity index (χ0n) is 10.8. The fourth-order valence-corrected chi connectivity index (χ4v) is 1.82. The summed E-state index contributed by atoms with van der Waals surface area (Å²) in [4.78, 5) is 23.6. The average molecular weight is 261 g/mol. The first-order chi connectivity index (χ1) is 9.13. The number of ketones is 1. The highest BCUT2D eigenvalue weighted by Gasteiger charge is 2.40. The lowest BCUT2D eigenvalue weighted by atomic mass is 10.1. The van der Waals surface area contributed by atoms with E-state index in [1.165, 1.54) is 7.11 Å². The number of anilines is 1. The van der Waals surface area contributed by atoms with Crippen molar-refractivity contribution in [2.45, 2.75) is 13.0 Å². The van der Waals surface area contributed by atoms with Crippen molar-refractivity contribution in [2.75, 3.05) is 19.0 Å². The molecule has 0 amide bonds. The van der Waals surface area contributed by atoms with Crippen LogP contribution in [0.2, 0.25) is 0 Å². The van der Waals surface area contributed by atoms with Crippen molar-refractivity contribution in [2.24, 2.45) is 0 Å². The zero-order chi connectivity index (χ0) is 13.8. The Balaban J connectivity index is 2.04. The summed E-state index contributed by atoms with van der Waals surface area (Å²) in [5.74, 6) is -0.672. The van der Waals surface area contributed by atoms with Crippen LogP contribution in [-0.2, 0) is 19.1 Å². The van der Waals surface area contributed by atoms with Crippen LogP contribution in [0.3, 0.4) is 0 Å². The van der Waals surface area contributed by atoms with Crippen molar-refractivity contribution in [3.8, 4) is 0 Å². The maximum Gasteiger partial charge on any atom is 0.346 e. The van der Waals surface area contributed by atoms with Crippen molar-refractivity contribution in [1.29, 1.82) is 0 Å². The first kappa shape index (κ1) is 13.1. The number of methoxy groups -OCH3 is 1. The van der Waals surface area contributed by atoms with Crippen LogP contribution in [0.25, 0.3) is 0 Å². The Morgan fingerprint density at radius 2 is 2.00 bits per heavy atom. The molecule has 1 N–H and O–H groups in total. The fourth-order valence-electron chi connectivity index (χ4n) is 1.82. The van der Waals surface area contributed by atoms with E-state index in [4.69, 9.17) is 9.47 Å². The van der Waals surface area contributed by atoms with E-state index in [0.29, 0.717) is 0 Å². The second-order valence-electron chi connectivity index (χ2n) is 4.14. The van der Waals surface area contributed by atoms with E-state index in [9.17, 15) is 9.59 Å². The molecule has 2 rings (SSSR count). The summed E-state index contributed by atoms with van der Waals surface area (Å²) in [6, 6.07) is 9.40. The molecule has 1 aliphatic rings. The number of Topliss-reactive ketones (excluding diaryl/α,β-unsaturated/α-hetero) is 1. The smallest absolute Gasteiger partial charge is 0.346 e. The van der Waals surface area contributed by atoms with Crippen molar-refractivity contribution in [3.63, 3.8) is 0 Å². The van der Waals surface area contributed by atoms with Gasteiger partial charge in [0.05, 0.1) is 13.7 Å². The largest absolute Gasteiger partial charge is 0.500 e. The van der Waals surface area contributed by atoms with E-state index in [0.717, 1.165) is 5.69 Å². The van der Waals surface area contributed by atoms with Crippen LogP contribution < -0.4 is 5.32 Å². The topological polar surface area (TPSA) is 64.6 Å². The van der Waals surface area contributed by atoms with E-state index in [-0.39, 0.29) is 23.7 Å². The van der Waals surface area contributed by atoms with Crippen LogP contribution in [-0.4, -0.2) is 31.5 Å². The number of ether oxygens (including phenoxy) is 2. The summed E-state index contributed by atoms with van der Waals surface area (Å²) >= 11 is 0. The van der Waals surface area contributed by atoms with Gasteiger partial charge in [0, 0.05) is 5.69 Å². The number of nitrogens with one attached hydrogen (secondary N) is 1. The Hall–Kier alpha value is -2.30. The van der Waals surface area contributed by atoms with Gasteiger partial charge >= 0.3 is 5.97 Å². The Labute approximate surface area is 111 Å². The molecular weight excluding hydrogens is 246 g/mol. The highest BCUT2D eigenvalue weighted by atomic mass is 16.6. The van der Waals surface area contributed by atoms with Gasteiger partial charge in [-0.25, -0.2) is 4.79 Å². The lowest BCUT2D eigenvalue weighted by Crippen LogP contribution is -2.26. The molecule has 1 aliphatic heterocycles. The maximum atomic E-state index is 12.0. The third kappa shape index (κ3) is 2.76. The molecule has 1 fully saturated rings. The van der Waals surface area contributed by atoms with Crippen LogP contribution in [0.1, 0.15) is 6.92 Å². The lowest BCUT2D eigenvalue weighted by Gasteiger charge is -2.09. The standard InChI is InChI=1S/C14H15NO4/c1-9(18-2)12-13(16)11(19-14(12)17)8-15-10-6-4-3-5-7-10/h3-7,11,15H,8H2,1-2H3/b12-9-. The summed E-state index contributed by atoms with van der Waals surface area (Å²) in [5, 5.41) is 3.05. The second-order valence-corrected chi connectivity index (χ2v) is 4.14. The second kappa shape index (κ2) is 5.56. The number of carbonyl (C=O) groups is 2. The highest BCUT2D eigenvalue weighted by Crippen LogP contribution is 2.21. The van der Waals surface area contributed by atoms with Gasteiger partial charge in [0.1, 0.15) is 11.3 Å². The van der Waals surface area contributed by atoms with E-state index in [1.807, 2.05) is 30.3 Å². The molecule has 0 radical (unpaired) electrons. The number of esters is 1. The van der Waals surface area contributed by atoms with E-state index in [1.54, 1.807) is 6.92 Å². The van der Waals surface area contributed by atoms with Crippen LogP contribution >= 0.6 is 0 Å². The van der Waals surface area contributed by atoms with E-state index in [2.05, 4.69) is 5.32 Å². The number of para-hydroxylation sites is 1. The molecule has 19 heavy (non-hydrogen) atoms. The Bertz CT molecular complexity index is 522. The van der Waals surface area contributed by atoms with Gasteiger partial charge in [-0.15, -0.1) is 0 Å². The molecule has 0 spiro atoms. The summed E-state index contributed by atoms with van der Waals surface area (Å²) in [7, 11) is 1.42. The number of cyclic esters (lactones) is 1. The summed E-state index contributed by atoms with van der Waals surface area (Å²) in [6.45, 7) is 1.82. The molecular formula is C14H15NO4. The lowest BCUT2D eigenvalue weighted by molar-refractivity contribution is -0.140. The van der Waals surface area contributed by atoms with Crippen molar-refractivity contribution >= 4 is 17.4 Å². The zero-order valence-corrected chi connectivity index (χ0v) is 10.8. The minimum absolute atomic E-state index is 0.00219. The number of carbonyl (C=O) groups excluding carboxylic acids is 2. The third-order valence-corrected chi connectivity index (χ3v) is 2.92. The van der Waals surface area contributed by atoms with Crippen LogP contribution in [0.5, 0.6) is 0 Å². The van der Waals surface area contributed by atoms with Crippen LogP contribution in [0.15, 0.2) is 41.7 Å². The SMILES string of the molecule is CO/C(C)=C1\C(=O)OC(CNc2ccccc2)C1=O. The number of rotatable bonds is 4.